The first kappa shape index (κ1) is 9.91. The van der Waals surface area contributed by atoms with E-state index in [0.29, 0.717) is 6.08 Å². The molecule has 0 fully saturated rings. The number of carbonyl (C=O) groups is 2. The molecule has 1 heterocycles. The van der Waals surface area contributed by atoms with Gasteiger partial charge in [0.25, 0.3) is 0 Å². The SMILES string of the molecule is O=C(O)C(O)=CC(=O)c1ccccn1. The van der Waals surface area contributed by atoms with Crippen molar-refractivity contribution in [3.8, 4) is 0 Å². The van der Waals surface area contributed by atoms with Crippen LogP contribution >= 0.6 is 0 Å². The largest absolute Gasteiger partial charge is 0.502 e. The number of aromatic nitrogens is 1. The third-order valence-electron chi connectivity index (χ3n) is 1.40. The number of ketones is 1. The highest BCUT2D eigenvalue weighted by molar-refractivity contribution is 6.06. The van der Waals surface area contributed by atoms with Gasteiger partial charge in [0.2, 0.25) is 11.5 Å². The highest BCUT2D eigenvalue weighted by atomic mass is 16.4. The van der Waals surface area contributed by atoms with Crippen molar-refractivity contribution in [3.63, 3.8) is 0 Å². The van der Waals surface area contributed by atoms with Gasteiger partial charge in [-0.1, -0.05) is 6.07 Å². The Kier molecular flexibility index (Phi) is 2.96. The zero-order valence-corrected chi connectivity index (χ0v) is 7.04. The van der Waals surface area contributed by atoms with Gasteiger partial charge in [-0.2, -0.15) is 0 Å². The van der Waals surface area contributed by atoms with E-state index in [-0.39, 0.29) is 5.69 Å². The highest BCUT2D eigenvalue weighted by Crippen LogP contribution is 1.98. The number of aliphatic carboxylic acids is 1. The molecule has 1 rings (SSSR count). The molecular weight excluding hydrogens is 186 g/mol. The first-order valence-electron chi connectivity index (χ1n) is 3.70. The van der Waals surface area contributed by atoms with Gasteiger partial charge in [-0.3, -0.25) is 9.78 Å². The molecule has 0 aliphatic heterocycles. The Labute approximate surface area is 79.3 Å². The normalized spacial score (nSPS) is 11.0. The minimum atomic E-state index is -1.55. The van der Waals surface area contributed by atoms with E-state index in [2.05, 4.69) is 4.98 Å². The molecule has 5 nitrogen and oxygen atoms in total. The molecule has 0 amide bonds. The Hall–Kier alpha value is -2.17. The second-order valence-electron chi connectivity index (χ2n) is 2.41. The van der Waals surface area contributed by atoms with Gasteiger partial charge in [-0.05, 0) is 12.1 Å². The van der Waals surface area contributed by atoms with Crippen molar-refractivity contribution >= 4 is 11.8 Å². The van der Waals surface area contributed by atoms with Crippen molar-refractivity contribution < 1.29 is 19.8 Å². The molecule has 0 aliphatic rings. The number of aliphatic hydroxyl groups is 1. The maximum atomic E-state index is 11.2. The summed E-state index contributed by atoms with van der Waals surface area (Å²) in [6.45, 7) is 0. The molecule has 0 radical (unpaired) electrons. The Morgan fingerprint density at radius 2 is 2.00 bits per heavy atom. The second-order valence-corrected chi connectivity index (χ2v) is 2.41. The maximum Gasteiger partial charge on any atom is 0.371 e. The number of allylic oxidation sites excluding steroid dienone is 1. The molecular formula is C9H7NO4. The van der Waals surface area contributed by atoms with E-state index in [1.165, 1.54) is 12.3 Å². The van der Waals surface area contributed by atoms with Crippen molar-refractivity contribution in [2.75, 3.05) is 0 Å². The monoisotopic (exact) mass is 193 g/mol. The molecule has 0 bridgehead atoms. The number of nitrogens with zero attached hydrogens (tertiary/aromatic N) is 1. The molecule has 5 heteroatoms. The summed E-state index contributed by atoms with van der Waals surface area (Å²) in [6.07, 6.45) is 2.02. The van der Waals surface area contributed by atoms with E-state index in [0.717, 1.165) is 0 Å². The predicted molar refractivity (Wildman–Crippen MR) is 46.9 cm³/mol. The van der Waals surface area contributed by atoms with Crippen molar-refractivity contribution in [3.05, 3.63) is 41.9 Å². The van der Waals surface area contributed by atoms with Crippen LogP contribution in [0.3, 0.4) is 0 Å². The lowest BCUT2D eigenvalue weighted by Crippen LogP contribution is -2.04. The summed E-state index contributed by atoms with van der Waals surface area (Å²) in [5.74, 6) is -3.19. The molecule has 0 spiro atoms. The number of rotatable bonds is 3. The van der Waals surface area contributed by atoms with Crippen LogP contribution < -0.4 is 0 Å². The van der Waals surface area contributed by atoms with Crippen LogP contribution in [-0.4, -0.2) is 26.9 Å². The molecule has 0 atom stereocenters. The minimum Gasteiger partial charge on any atom is -0.502 e. The summed E-state index contributed by atoms with van der Waals surface area (Å²) in [5, 5.41) is 17.1. The van der Waals surface area contributed by atoms with E-state index in [1.54, 1.807) is 12.1 Å². The Morgan fingerprint density at radius 1 is 1.29 bits per heavy atom. The average Bonchev–Trinajstić information content (AvgIpc) is 2.19. The molecule has 1 aromatic heterocycles. The van der Waals surface area contributed by atoms with Crippen LogP contribution in [0.15, 0.2) is 36.2 Å². The summed E-state index contributed by atoms with van der Waals surface area (Å²) in [5.41, 5.74) is 0.0836. The molecule has 0 aromatic carbocycles. The van der Waals surface area contributed by atoms with Crippen molar-refractivity contribution in [1.82, 2.24) is 4.98 Å². The number of hydrogen-bond donors (Lipinski definition) is 2. The molecule has 0 unspecified atom stereocenters. The Morgan fingerprint density at radius 3 is 2.50 bits per heavy atom. The molecule has 0 saturated carbocycles. The summed E-state index contributed by atoms with van der Waals surface area (Å²) in [4.78, 5) is 25.1. The van der Waals surface area contributed by atoms with Crippen LogP contribution in [-0.2, 0) is 4.79 Å². The lowest BCUT2D eigenvalue weighted by Gasteiger charge is -1.93. The van der Waals surface area contributed by atoms with Gasteiger partial charge in [0.1, 0.15) is 5.69 Å². The van der Waals surface area contributed by atoms with Crippen LogP contribution in [0.2, 0.25) is 0 Å². The van der Waals surface area contributed by atoms with Crippen molar-refractivity contribution in [2.24, 2.45) is 0 Å². The predicted octanol–water partition coefficient (Wildman–Crippen LogP) is 0.791. The molecule has 1 aromatic rings. The van der Waals surface area contributed by atoms with Crippen LogP contribution in [0.4, 0.5) is 0 Å². The smallest absolute Gasteiger partial charge is 0.371 e. The first-order chi connectivity index (χ1) is 6.61. The van der Waals surface area contributed by atoms with Gasteiger partial charge in [0.15, 0.2) is 0 Å². The Balaban J connectivity index is 2.88. The fraction of sp³-hybridized carbons (Fsp3) is 0. The van der Waals surface area contributed by atoms with Crippen molar-refractivity contribution in [1.29, 1.82) is 0 Å². The van der Waals surface area contributed by atoms with Gasteiger partial charge >= 0.3 is 5.97 Å². The summed E-state index contributed by atoms with van der Waals surface area (Å²) in [7, 11) is 0. The molecule has 14 heavy (non-hydrogen) atoms. The molecule has 0 saturated heterocycles. The maximum absolute atomic E-state index is 11.2. The average molecular weight is 193 g/mol. The van der Waals surface area contributed by atoms with Crippen LogP contribution in [0.5, 0.6) is 0 Å². The lowest BCUT2D eigenvalue weighted by atomic mass is 10.2. The highest BCUT2D eigenvalue weighted by Gasteiger charge is 2.09. The van der Waals surface area contributed by atoms with Gasteiger partial charge in [0.05, 0.1) is 0 Å². The first-order valence-corrected chi connectivity index (χ1v) is 3.70. The second kappa shape index (κ2) is 4.18. The van der Waals surface area contributed by atoms with Crippen LogP contribution in [0, 0.1) is 0 Å². The number of carboxylic acids is 1. The summed E-state index contributed by atoms with van der Waals surface area (Å²) < 4.78 is 0. The number of carbonyl (C=O) groups excluding carboxylic acids is 1. The quantitative estimate of drug-likeness (QED) is 0.421. The molecule has 2 N–H and O–H groups in total. The summed E-state index contributed by atoms with van der Waals surface area (Å²) >= 11 is 0. The lowest BCUT2D eigenvalue weighted by molar-refractivity contribution is -0.135. The van der Waals surface area contributed by atoms with E-state index in [1.807, 2.05) is 0 Å². The molecule has 0 aliphatic carbocycles. The van der Waals surface area contributed by atoms with E-state index in [4.69, 9.17) is 10.2 Å². The van der Waals surface area contributed by atoms with Crippen LogP contribution in [0.25, 0.3) is 0 Å². The number of carboxylic acid groups (broad SMARTS) is 1. The number of hydrogen-bond acceptors (Lipinski definition) is 4. The fourth-order valence-electron chi connectivity index (χ4n) is 0.768. The van der Waals surface area contributed by atoms with Gasteiger partial charge in [0, 0.05) is 12.3 Å². The van der Waals surface area contributed by atoms with Crippen molar-refractivity contribution in [2.45, 2.75) is 0 Å². The van der Waals surface area contributed by atoms with Crippen LogP contribution in [0.1, 0.15) is 10.5 Å². The minimum absolute atomic E-state index is 0.0836. The standard InChI is InChI=1S/C9H7NO4/c11-7(5-8(12)9(13)14)6-3-1-2-4-10-6/h1-5,12H,(H,13,14). The fourth-order valence-corrected chi connectivity index (χ4v) is 0.768. The number of aliphatic hydroxyl groups excluding tert-OH is 1. The van der Waals surface area contributed by atoms with Gasteiger partial charge < -0.3 is 10.2 Å². The zero-order valence-electron chi connectivity index (χ0n) is 7.04. The number of pyridine rings is 1. The summed E-state index contributed by atoms with van der Waals surface area (Å²) in [6, 6.07) is 4.64. The molecule has 72 valence electrons. The Bertz CT molecular complexity index is 383. The zero-order chi connectivity index (χ0) is 10.6. The van der Waals surface area contributed by atoms with E-state index in [9.17, 15) is 9.59 Å². The topological polar surface area (TPSA) is 87.5 Å². The van der Waals surface area contributed by atoms with E-state index < -0.39 is 17.5 Å². The van der Waals surface area contributed by atoms with E-state index >= 15 is 0 Å². The third kappa shape index (κ3) is 2.41. The van der Waals surface area contributed by atoms with Gasteiger partial charge in [-0.15, -0.1) is 0 Å². The van der Waals surface area contributed by atoms with Gasteiger partial charge in [-0.25, -0.2) is 4.79 Å². The third-order valence-corrected chi connectivity index (χ3v) is 1.40.